The quantitative estimate of drug-likeness (QED) is 0.0464. The topological polar surface area (TPSA) is 69.6 Å². The molecule has 4 heteroatoms. The van der Waals surface area contributed by atoms with Gasteiger partial charge in [0.2, 0.25) is 5.91 Å². The minimum atomic E-state index is -0.856. The van der Waals surface area contributed by atoms with Crippen molar-refractivity contribution in [2.75, 3.05) is 6.61 Å². The molecule has 46 heavy (non-hydrogen) atoms. The highest BCUT2D eigenvalue weighted by Crippen LogP contribution is 2.15. The van der Waals surface area contributed by atoms with Gasteiger partial charge in [0.25, 0.3) is 0 Å². The highest BCUT2D eigenvalue weighted by atomic mass is 16.3. The van der Waals surface area contributed by atoms with Gasteiger partial charge in [-0.05, 0) is 32.1 Å². The maximum atomic E-state index is 12.3. The van der Waals surface area contributed by atoms with Gasteiger partial charge in [-0.2, -0.15) is 0 Å². The number of aliphatic hydroxyl groups is 2. The van der Waals surface area contributed by atoms with Gasteiger partial charge in [-0.15, -0.1) is 0 Å². The lowest BCUT2D eigenvalue weighted by Crippen LogP contribution is -2.45. The van der Waals surface area contributed by atoms with Crippen LogP contribution in [0.1, 0.15) is 219 Å². The molecule has 0 fully saturated rings. The van der Waals surface area contributed by atoms with Gasteiger partial charge in [-0.25, -0.2) is 0 Å². The van der Waals surface area contributed by atoms with Crippen LogP contribution in [-0.2, 0) is 4.79 Å². The molecule has 0 aliphatic heterocycles. The molecule has 0 spiro atoms. The highest BCUT2D eigenvalue weighted by molar-refractivity contribution is 5.76. The highest BCUT2D eigenvalue weighted by Gasteiger charge is 2.17. The predicted octanol–water partition coefficient (Wildman–Crippen LogP) is 12.5. The zero-order valence-electron chi connectivity index (χ0n) is 31.1. The molecular formula is C42H81NO3. The largest absolute Gasteiger partial charge is 0.394 e. The molecule has 0 radical (unpaired) electrons. The van der Waals surface area contributed by atoms with Crippen molar-refractivity contribution in [3.05, 3.63) is 24.3 Å². The summed E-state index contributed by atoms with van der Waals surface area (Å²) < 4.78 is 0. The van der Waals surface area contributed by atoms with Crippen LogP contribution in [0.4, 0.5) is 0 Å². The molecule has 0 saturated carbocycles. The van der Waals surface area contributed by atoms with Crippen molar-refractivity contribution in [2.45, 2.75) is 231 Å². The van der Waals surface area contributed by atoms with Crippen molar-refractivity contribution in [2.24, 2.45) is 0 Å². The number of amides is 1. The fourth-order valence-electron chi connectivity index (χ4n) is 6.25. The van der Waals surface area contributed by atoms with E-state index < -0.39 is 12.1 Å². The van der Waals surface area contributed by atoms with Crippen LogP contribution in [0.5, 0.6) is 0 Å². The summed E-state index contributed by atoms with van der Waals surface area (Å²) in [6, 6.07) is -0.633. The zero-order valence-corrected chi connectivity index (χ0v) is 31.1. The van der Waals surface area contributed by atoms with Crippen LogP contribution < -0.4 is 5.32 Å². The van der Waals surface area contributed by atoms with Gasteiger partial charge >= 0.3 is 0 Å². The normalized spacial score (nSPS) is 13.2. The van der Waals surface area contributed by atoms with E-state index in [1.807, 2.05) is 6.08 Å². The van der Waals surface area contributed by atoms with Gasteiger partial charge in [0.05, 0.1) is 18.8 Å². The molecule has 0 heterocycles. The molecule has 0 bridgehead atoms. The smallest absolute Gasteiger partial charge is 0.220 e. The van der Waals surface area contributed by atoms with Crippen LogP contribution >= 0.6 is 0 Å². The summed E-state index contributed by atoms with van der Waals surface area (Å²) >= 11 is 0. The number of carbonyl (C=O) groups is 1. The van der Waals surface area contributed by atoms with E-state index in [2.05, 4.69) is 31.3 Å². The first kappa shape index (κ1) is 44.9. The van der Waals surface area contributed by atoms with E-state index in [-0.39, 0.29) is 12.5 Å². The Morgan fingerprint density at radius 2 is 0.848 bits per heavy atom. The number of hydrogen-bond acceptors (Lipinski definition) is 3. The average molecular weight is 648 g/mol. The van der Waals surface area contributed by atoms with E-state index >= 15 is 0 Å². The van der Waals surface area contributed by atoms with Crippen molar-refractivity contribution >= 4 is 5.91 Å². The minimum Gasteiger partial charge on any atom is -0.394 e. The molecule has 2 atom stereocenters. The number of carbonyl (C=O) groups excluding carboxylic acids is 1. The minimum absolute atomic E-state index is 0.0714. The van der Waals surface area contributed by atoms with Crippen LogP contribution in [-0.4, -0.2) is 34.9 Å². The molecule has 4 nitrogen and oxygen atoms in total. The van der Waals surface area contributed by atoms with Crippen molar-refractivity contribution in [1.82, 2.24) is 5.32 Å². The Morgan fingerprint density at radius 3 is 1.26 bits per heavy atom. The van der Waals surface area contributed by atoms with E-state index in [0.717, 1.165) is 32.1 Å². The van der Waals surface area contributed by atoms with E-state index in [1.54, 1.807) is 6.08 Å². The third-order valence-corrected chi connectivity index (χ3v) is 9.44. The Bertz CT molecular complexity index is 661. The molecule has 0 aromatic carbocycles. The molecule has 0 aromatic heterocycles. The number of hydrogen-bond donors (Lipinski definition) is 3. The standard InChI is InChI=1S/C42H81NO3/c1-3-5-7-9-11-13-15-17-19-20-21-22-24-26-28-30-32-34-36-38-42(46)43-40(39-44)41(45)37-35-33-31-29-27-25-23-18-16-14-12-10-8-6-4-2/h27,29,35,37,40-41,44-45H,3-26,28,30-34,36,38-39H2,1-2H3,(H,43,46)/b29-27+,37-35+/t40-,41+/m0/s1. The Hall–Kier alpha value is -1.13. The summed E-state index contributed by atoms with van der Waals surface area (Å²) in [7, 11) is 0. The van der Waals surface area contributed by atoms with Crippen molar-refractivity contribution in [1.29, 1.82) is 0 Å². The predicted molar refractivity (Wildman–Crippen MR) is 202 cm³/mol. The molecule has 0 aliphatic rings. The van der Waals surface area contributed by atoms with Gasteiger partial charge in [0.1, 0.15) is 0 Å². The molecule has 0 rings (SSSR count). The van der Waals surface area contributed by atoms with Crippen molar-refractivity contribution in [3.63, 3.8) is 0 Å². The number of rotatable bonds is 37. The Kier molecular flexibility index (Phi) is 37.4. The van der Waals surface area contributed by atoms with Gasteiger partial charge in [0, 0.05) is 6.42 Å². The van der Waals surface area contributed by atoms with E-state index in [0.29, 0.717) is 6.42 Å². The maximum Gasteiger partial charge on any atom is 0.220 e. The SMILES string of the molecule is CCCCCCCCCCC/C=C/CC/C=C/[C@@H](O)[C@H](CO)NC(=O)CCCCCCCCCCCCCCCCCCCCC. The first-order valence-electron chi connectivity index (χ1n) is 20.6. The molecule has 0 aromatic rings. The second kappa shape index (κ2) is 38.3. The molecule has 0 unspecified atom stereocenters. The number of allylic oxidation sites excluding steroid dienone is 3. The zero-order chi connectivity index (χ0) is 33.6. The Balaban J connectivity index is 3.59. The van der Waals surface area contributed by atoms with E-state index in [9.17, 15) is 15.0 Å². The van der Waals surface area contributed by atoms with Crippen LogP contribution in [0.3, 0.4) is 0 Å². The van der Waals surface area contributed by atoms with Crippen LogP contribution in [0.15, 0.2) is 24.3 Å². The summed E-state index contributed by atoms with van der Waals surface area (Å²) in [4.78, 5) is 12.3. The number of aliphatic hydroxyl groups excluding tert-OH is 2. The van der Waals surface area contributed by atoms with E-state index in [4.69, 9.17) is 0 Å². The third kappa shape index (κ3) is 34.2. The maximum absolute atomic E-state index is 12.3. The Labute approximate surface area is 288 Å². The number of unbranched alkanes of at least 4 members (excludes halogenated alkanes) is 28. The molecule has 0 saturated heterocycles. The summed E-state index contributed by atoms with van der Waals surface area (Å²) in [6.45, 7) is 4.30. The van der Waals surface area contributed by atoms with Crippen LogP contribution in [0, 0.1) is 0 Å². The molecule has 1 amide bonds. The summed E-state index contributed by atoms with van der Waals surface area (Å²) in [5.74, 6) is -0.0714. The molecule has 3 N–H and O–H groups in total. The third-order valence-electron chi connectivity index (χ3n) is 9.44. The lowest BCUT2D eigenvalue weighted by atomic mass is 10.0. The average Bonchev–Trinajstić information content (AvgIpc) is 3.06. The molecule has 272 valence electrons. The second-order valence-corrected chi connectivity index (χ2v) is 14.1. The van der Waals surface area contributed by atoms with Gasteiger partial charge in [-0.3, -0.25) is 4.79 Å². The van der Waals surface area contributed by atoms with Crippen LogP contribution in [0.25, 0.3) is 0 Å². The molecular weight excluding hydrogens is 566 g/mol. The lowest BCUT2D eigenvalue weighted by Gasteiger charge is -2.19. The fourth-order valence-corrected chi connectivity index (χ4v) is 6.25. The first-order valence-corrected chi connectivity index (χ1v) is 20.6. The van der Waals surface area contributed by atoms with E-state index in [1.165, 1.54) is 167 Å². The van der Waals surface area contributed by atoms with Crippen molar-refractivity contribution < 1.29 is 15.0 Å². The fraction of sp³-hybridized carbons (Fsp3) is 0.881. The monoisotopic (exact) mass is 648 g/mol. The van der Waals surface area contributed by atoms with Gasteiger partial charge < -0.3 is 15.5 Å². The molecule has 0 aliphatic carbocycles. The lowest BCUT2D eigenvalue weighted by molar-refractivity contribution is -0.123. The Morgan fingerprint density at radius 1 is 0.500 bits per heavy atom. The van der Waals surface area contributed by atoms with Crippen LogP contribution in [0.2, 0.25) is 0 Å². The van der Waals surface area contributed by atoms with Gasteiger partial charge in [-0.1, -0.05) is 205 Å². The summed E-state index contributed by atoms with van der Waals surface area (Å²) in [6.07, 6.45) is 48.5. The first-order chi connectivity index (χ1) is 22.7. The number of nitrogens with one attached hydrogen (secondary N) is 1. The summed E-state index contributed by atoms with van der Waals surface area (Å²) in [5, 5.41) is 22.9. The van der Waals surface area contributed by atoms with Gasteiger partial charge in [0.15, 0.2) is 0 Å². The van der Waals surface area contributed by atoms with Crippen molar-refractivity contribution in [3.8, 4) is 0 Å². The second-order valence-electron chi connectivity index (χ2n) is 14.1. The summed E-state index contributed by atoms with van der Waals surface area (Å²) in [5.41, 5.74) is 0.